The molecule has 1 aromatic heterocycles. The molecule has 2 aliphatic rings. The van der Waals surface area contributed by atoms with Gasteiger partial charge in [0, 0.05) is 39.1 Å². The third-order valence-electron chi connectivity index (χ3n) is 4.28. The lowest BCUT2D eigenvalue weighted by Gasteiger charge is -2.29. The number of amidine groups is 1. The average molecular weight is 335 g/mol. The van der Waals surface area contributed by atoms with E-state index < -0.39 is 13.4 Å². The van der Waals surface area contributed by atoms with Crippen LogP contribution in [-0.2, 0) is 13.6 Å². The lowest BCUT2D eigenvalue weighted by atomic mass is 10.1. The van der Waals surface area contributed by atoms with Gasteiger partial charge in [0.1, 0.15) is 5.84 Å². The number of aromatic nitrogens is 1. The van der Waals surface area contributed by atoms with Crippen LogP contribution in [-0.4, -0.2) is 43.0 Å². The molecule has 7 heteroatoms. The number of hydrogen-bond donors (Lipinski definition) is 0. The minimum absolute atomic E-state index is 0.701. The van der Waals surface area contributed by atoms with Crippen LogP contribution in [0.25, 0.3) is 6.08 Å². The van der Waals surface area contributed by atoms with Crippen molar-refractivity contribution >= 4 is 19.5 Å². The maximum Gasteiger partial charge on any atom is 0.359 e. The van der Waals surface area contributed by atoms with Gasteiger partial charge >= 0.3 is 7.60 Å². The molecule has 0 radical (unpaired) electrons. The minimum atomic E-state index is -3.40. The van der Waals surface area contributed by atoms with E-state index in [0.717, 1.165) is 43.0 Å². The molecule has 1 saturated heterocycles. The highest BCUT2D eigenvalue weighted by atomic mass is 31.2. The number of piperidine rings is 1. The lowest BCUT2D eigenvalue weighted by Crippen LogP contribution is -2.34. The second kappa shape index (κ2) is 6.95. The number of pyridine rings is 1. The van der Waals surface area contributed by atoms with E-state index in [9.17, 15) is 4.57 Å². The van der Waals surface area contributed by atoms with Gasteiger partial charge in [0.2, 0.25) is 0 Å². The van der Waals surface area contributed by atoms with Gasteiger partial charge in [0.25, 0.3) is 0 Å². The summed E-state index contributed by atoms with van der Waals surface area (Å²) < 4.78 is 23.5. The fourth-order valence-electron chi connectivity index (χ4n) is 3.00. The molecule has 1 aromatic rings. The van der Waals surface area contributed by atoms with Gasteiger partial charge in [0.15, 0.2) is 5.78 Å². The summed E-state index contributed by atoms with van der Waals surface area (Å²) in [7, 11) is -0.604. The molecular formula is C16H22N3O3P. The number of nitrogens with zero attached hydrogens (tertiary/aromatic N) is 3. The van der Waals surface area contributed by atoms with Crippen molar-refractivity contribution in [3.63, 3.8) is 0 Å². The molecule has 0 saturated carbocycles. The number of aliphatic imine (C=N–C) groups is 1. The predicted octanol–water partition coefficient (Wildman–Crippen LogP) is 3.48. The predicted molar refractivity (Wildman–Crippen MR) is 90.5 cm³/mol. The fraction of sp³-hybridized carbons (Fsp3) is 0.500. The monoisotopic (exact) mass is 335 g/mol. The van der Waals surface area contributed by atoms with Gasteiger partial charge in [-0.1, -0.05) is 6.07 Å². The van der Waals surface area contributed by atoms with Crippen LogP contribution in [0.5, 0.6) is 0 Å². The van der Waals surface area contributed by atoms with Gasteiger partial charge in [-0.15, -0.1) is 0 Å². The molecule has 0 aromatic carbocycles. The zero-order chi connectivity index (χ0) is 16.3. The van der Waals surface area contributed by atoms with E-state index in [1.165, 1.54) is 20.6 Å². The van der Waals surface area contributed by atoms with E-state index in [4.69, 9.17) is 14.0 Å². The zero-order valence-corrected chi connectivity index (χ0v) is 14.4. The Morgan fingerprint density at radius 3 is 2.61 bits per heavy atom. The molecule has 1 unspecified atom stereocenters. The molecule has 3 rings (SSSR count). The van der Waals surface area contributed by atoms with E-state index >= 15 is 0 Å². The summed E-state index contributed by atoms with van der Waals surface area (Å²) >= 11 is 0. The van der Waals surface area contributed by atoms with Crippen LogP contribution in [0.3, 0.4) is 0 Å². The first-order valence-corrected chi connectivity index (χ1v) is 9.46. The van der Waals surface area contributed by atoms with Crippen LogP contribution in [0, 0.1) is 0 Å². The topological polar surface area (TPSA) is 64.0 Å². The van der Waals surface area contributed by atoms with Gasteiger partial charge in [0.05, 0.1) is 5.69 Å². The van der Waals surface area contributed by atoms with E-state index in [-0.39, 0.29) is 0 Å². The largest absolute Gasteiger partial charge is 0.359 e. The molecule has 2 aliphatic heterocycles. The second-order valence-corrected chi connectivity index (χ2v) is 7.92. The highest BCUT2D eigenvalue weighted by molar-refractivity contribution is 7.54. The number of fused-ring (bicyclic) bond motifs is 1. The molecule has 23 heavy (non-hydrogen) atoms. The third kappa shape index (κ3) is 3.25. The highest BCUT2D eigenvalue weighted by Gasteiger charge is 2.38. The first kappa shape index (κ1) is 16.4. The molecule has 124 valence electrons. The molecule has 1 atom stereocenters. The van der Waals surface area contributed by atoms with Crippen molar-refractivity contribution in [1.82, 2.24) is 9.88 Å². The van der Waals surface area contributed by atoms with Crippen LogP contribution in [0.15, 0.2) is 29.4 Å². The van der Waals surface area contributed by atoms with Crippen molar-refractivity contribution in [1.29, 1.82) is 0 Å². The molecule has 0 bridgehead atoms. The number of rotatable bonds is 3. The van der Waals surface area contributed by atoms with Crippen molar-refractivity contribution in [2.75, 3.05) is 27.3 Å². The van der Waals surface area contributed by atoms with Crippen molar-refractivity contribution < 1.29 is 13.6 Å². The van der Waals surface area contributed by atoms with Crippen LogP contribution in [0.1, 0.15) is 36.3 Å². The Kier molecular flexibility index (Phi) is 4.95. The molecule has 0 N–H and O–H groups in total. The first-order valence-electron chi connectivity index (χ1n) is 7.85. The molecule has 0 aliphatic carbocycles. The van der Waals surface area contributed by atoms with Gasteiger partial charge in [-0.3, -0.25) is 9.55 Å². The summed E-state index contributed by atoms with van der Waals surface area (Å²) in [5, 5.41) is 0. The maximum absolute atomic E-state index is 13.0. The quantitative estimate of drug-likeness (QED) is 0.791. The van der Waals surface area contributed by atoms with Gasteiger partial charge in [-0.25, -0.2) is 4.99 Å². The Balaban J connectivity index is 2.06. The van der Waals surface area contributed by atoms with Crippen LogP contribution >= 0.6 is 7.60 Å². The Hall–Kier alpha value is -1.49. The Morgan fingerprint density at radius 1 is 1.17 bits per heavy atom. The summed E-state index contributed by atoms with van der Waals surface area (Å²) in [6, 6.07) is 3.70. The molecule has 6 nitrogen and oxygen atoms in total. The van der Waals surface area contributed by atoms with Crippen molar-refractivity contribution in [2.24, 2.45) is 4.99 Å². The Labute approximate surface area is 136 Å². The second-order valence-electron chi connectivity index (χ2n) is 5.62. The third-order valence-corrected chi connectivity index (χ3v) is 6.29. The van der Waals surface area contributed by atoms with Crippen molar-refractivity contribution in [3.8, 4) is 0 Å². The molecule has 0 spiro atoms. The average Bonchev–Trinajstić information content (AvgIpc) is 2.82. The van der Waals surface area contributed by atoms with Crippen molar-refractivity contribution in [2.45, 2.75) is 25.0 Å². The molecule has 1 fully saturated rings. The molecular weight excluding hydrogens is 313 g/mol. The van der Waals surface area contributed by atoms with Gasteiger partial charge < -0.3 is 13.9 Å². The normalized spacial score (nSPS) is 21.6. The maximum atomic E-state index is 13.0. The Morgan fingerprint density at radius 2 is 1.91 bits per heavy atom. The number of likely N-dealkylation sites (tertiary alicyclic amines) is 1. The SMILES string of the molecule is COP(=O)(OC)C1N=C(N2CCCCC2)C=Cc2ncccc21. The minimum Gasteiger partial charge on any atom is -0.357 e. The van der Waals surface area contributed by atoms with Crippen LogP contribution < -0.4 is 0 Å². The molecule has 0 amide bonds. The summed E-state index contributed by atoms with van der Waals surface area (Å²) in [4.78, 5) is 11.4. The van der Waals surface area contributed by atoms with Gasteiger partial charge in [-0.05, 0) is 37.5 Å². The summed E-state index contributed by atoms with van der Waals surface area (Å²) in [5.41, 5.74) is 1.52. The lowest BCUT2D eigenvalue weighted by molar-refractivity contribution is 0.265. The van der Waals surface area contributed by atoms with Crippen LogP contribution in [0.2, 0.25) is 0 Å². The van der Waals surface area contributed by atoms with Gasteiger partial charge in [-0.2, -0.15) is 0 Å². The van der Waals surface area contributed by atoms with E-state index in [1.807, 2.05) is 24.3 Å². The first-order chi connectivity index (χ1) is 11.2. The standard InChI is InChI=1S/C16H22N3O3P/c1-21-23(20,22-2)16-13-7-6-10-17-14(13)8-9-15(18-16)19-11-4-3-5-12-19/h6-10,16H,3-5,11-12H2,1-2H3. The highest BCUT2D eigenvalue weighted by Crippen LogP contribution is 2.61. The number of hydrogen-bond acceptors (Lipinski definition) is 6. The Bertz CT molecular complexity index is 660. The summed E-state index contributed by atoms with van der Waals surface area (Å²) in [6.45, 7) is 1.92. The van der Waals surface area contributed by atoms with Crippen molar-refractivity contribution in [3.05, 3.63) is 35.7 Å². The van der Waals surface area contributed by atoms with E-state index in [0.29, 0.717) is 0 Å². The smallest absolute Gasteiger partial charge is 0.357 e. The summed E-state index contributed by atoms with van der Waals surface area (Å²) in [5.74, 6) is 0.121. The van der Waals surface area contributed by atoms with E-state index in [1.54, 1.807) is 6.20 Å². The fourth-order valence-corrected chi connectivity index (χ4v) is 4.37. The zero-order valence-electron chi connectivity index (χ0n) is 13.5. The van der Waals surface area contributed by atoms with E-state index in [2.05, 4.69) is 9.88 Å². The molecule has 3 heterocycles. The van der Waals surface area contributed by atoms with Crippen LogP contribution in [0.4, 0.5) is 0 Å². The summed E-state index contributed by atoms with van der Waals surface area (Å²) in [6.07, 6.45) is 9.14.